The van der Waals surface area contributed by atoms with Crippen LogP contribution in [-0.4, -0.2) is 33.8 Å². The highest BCUT2D eigenvalue weighted by molar-refractivity contribution is 7.89. The van der Waals surface area contributed by atoms with E-state index < -0.39 is 15.9 Å². The van der Waals surface area contributed by atoms with Crippen LogP contribution in [0.4, 0.5) is 5.69 Å². The van der Waals surface area contributed by atoms with E-state index in [0.717, 1.165) is 5.56 Å². The largest absolute Gasteiger partial charge is 0.351 e. The van der Waals surface area contributed by atoms with Gasteiger partial charge in [0.25, 0.3) is 0 Å². The van der Waals surface area contributed by atoms with Crippen LogP contribution in [0.25, 0.3) is 0 Å². The Hall–Kier alpha value is -2.71. The van der Waals surface area contributed by atoms with Crippen LogP contribution >= 0.6 is 0 Å². The molecule has 0 aromatic heterocycles. The van der Waals surface area contributed by atoms with Crippen LogP contribution in [0.1, 0.15) is 11.1 Å². The molecule has 3 rings (SSSR count). The first-order valence-electron chi connectivity index (χ1n) is 8.06. The first-order chi connectivity index (χ1) is 12.4. The van der Waals surface area contributed by atoms with Crippen LogP contribution in [0.15, 0.2) is 53.4 Å². The monoisotopic (exact) mass is 373 g/mol. The van der Waals surface area contributed by atoms with Crippen LogP contribution in [0.2, 0.25) is 0 Å². The fourth-order valence-electron chi connectivity index (χ4n) is 2.72. The number of amides is 2. The zero-order valence-electron chi connectivity index (χ0n) is 14.2. The van der Waals surface area contributed by atoms with Crippen molar-refractivity contribution in [2.24, 2.45) is 0 Å². The van der Waals surface area contributed by atoms with E-state index in [4.69, 9.17) is 0 Å². The first-order valence-corrected chi connectivity index (χ1v) is 9.55. The Bertz CT molecular complexity index is 942. The Morgan fingerprint density at radius 3 is 2.62 bits per heavy atom. The van der Waals surface area contributed by atoms with E-state index in [9.17, 15) is 18.0 Å². The highest BCUT2D eigenvalue weighted by Crippen LogP contribution is 2.29. The molecular weight excluding hydrogens is 354 g/mol. The maximum atomic E-state index is 12.4. The number of nitrogens with zero attached hydrogens (tertiary/aromatic N) is 1. The van der Waals surface area contributed by atoms with Crippen molar-refractivity contribution in [2.45, 2.75) is 17.9 Å². The number of sulfonamides is 1. The van der Waals surface area contributed by atoms with E-state index in [1.807, 2.05) is 30.3 Å². The molecule has 2 aromatic rings. The number of anilines is 1. The van der Waals surface area contributed by atoms with Gasteiger partial charge in [-0.1, -0.05) is 30.3 Å². The molecule has 0 saturated heterocycles. The van der Waals surface area contributed by atoms with Gasteiger partial charge in [-0.05, 0) is 29.3 Å². The molecule has 0 bridgehead atoms. The van der Waals surface area contributed by atoms with Crippen LogP contribution in [-0.2, 0) is 32.6 Å². The smallest absolute Gasteiger partial charge is 0.241 e. The zero-order chi connectivity index (χ0) is 18.7. The molecule has 0 unspecified atom stereocenters. The first kappa shape index (κ1) is 18.1. The lowest BCUT2D eigenvalue weighted by atomic mass is 10.2. The summed E-state index contributed by atoms with van der Waals surface area (Å²) >= 11 is 0. The van der Waals surface area contributed by atoms with Gasteiger partial charge in [-0.3, -0.25) is 9.59 Å². The summed E-state index contributed by atoms with van der Waals surface area (Å²) in [7, 11) is -2.19. The Morgan fingerprint density at radius 1 is 1.15 bits per heavy atom. The predicted molar refractivity (Wildman–Crippen MR) is 97.0 cm³/mol. The number of carbonyl (C=O) groups is 2. The standard InChI is InChI=1S/C18H19N3O4S/c1-21-16-8-7-15(9-14(16)10-18(21)23)26(24,25)20-12-17(22)19-11-13-5-3-2-4-6-13/h2-9,20H,10-12H2,1H3,(H,19,22). The van der Waals surface area contributed by atoms with Gasteiger partial charge in [0.2, 0.25) is 21.8 Å². The topological polar surface area (TPSA) is 95.6 Å². The van der Waals surface area contributed by atoms with Gasteiger partial charge in [0, 0.05) is 19.3 Å². The van der Waals surface area contributed by atoms with E-state index in [1.54, 1.807) is 13.1 Å². The number of hydrogen-bond acceptors (Lipinski definition) is 4. The predicted octanol–water partition coefficient (Wildman–Crippen LogP) is 0.800. The Kier molecular flexibility index (Phi) is 5.06. The third kappa shape index (κ3) is 3.92. The van der Waals surface area contributed by atoms with Gasteiger partial charge in [-0.15, -0.1) is 0 Å². The molecule has 7 nitrogen and oxygen atoms in total. The lowest BCUT2D eigenvalue weighted by Gasteiger charge is -2.11. The van der Waals surface area contributed by atoms with Gasteiger partial charge in [-0.2, -0.15) is 0 Å². The van der Waals surface area contributed by atoms with Crippen molar-refractivity contribution in [3.8, 4) is 0 Å². The molecule has 2 amide bonds. The molecule has 0 saturated carbocycles. The minimum absolute atomic E-state index is 0.0372. The Balaban J connectivity index is 1.60. The van der Waals surface area contributed by atoms with Crippen LogP contribution < -0.4 is 14.9 Å². The maximum absolute atomic E-state index is 12.4. The molecule has 0 spiro atoms. The van der Waals surface area contributed by atoms with Crippen molar-refractivity contribution >= 4 is 27.5 Å². The molecular formula is C18H19N3O4S. The number of nitrogens with one attached hydrogen (secondary N) is 2. The molecule has 1 aliphatic rings. The molecule has 0 aliphatic carbocycles. The number of hydrogen-bond donors (Lipinski definition) is 2. The van der Waals surface area contributed by atoms with Crippen molar-refractivity contribution in [2.75, 3.05) is 18.5 Å². The van der Waals surface area contributed by atoms with E-state index in [2.05, 4.69) is 10.0 Å². The highest BCUT2D eigenvalue weighted by atomic mass is 32.2. The molecule has 2 N–H and O–H groups in total. The van der Waals surface area contributed by atoms with Crippen LogP contribution in [0, 0.1) is 0 Å². The molecule has 0 atom stereocenters. The highest BCUT2D eigenvalue weighted by Gasteiger charge is 2.26. The van der Waals surface area contributed by atoms with Crippen molar-refractivity contribution < 1.29 is 18.0 Å². The Labute approximate surface area is 152 Å². The quantitative estimate of drug-likeness (QED) is 0.783. The summed E-state index contributed by atoms with van der Waals surface area (Å²) in [4.78, 5) is 25.1. The summed E-state index contributed by atoms with van der Waals surface area (Å²) in [5, 5.41) is 2.66. The third-order valence-electron chi connectivity index (χ3n) is 4.19. The second-order valence-corrected chi connectivity index (χ2v) is 7.77. The average molecular weight is 373 g/mol. The SMILES string of the molecule is CN1C(=O)Cc2cc(S(=O)(=O)NCC(=O)NCc3ccccc3)ccc21. The maximum Gasteiger partial charge on any atom is 0.241 e. The minimum Gasteiger partial charge on any atom is -0.351 e. The van der Waals surface area contributed by atoms with E-state index >= 15 is 0 Å². The van der Waals surface area contributed by atoms with Crippen molar-refractivity contribution in [1.82, 2.24) is 10.0 Å². The van der Waals surface area contributed by atoms with Crippen molar-refractivity contribution in [3.63, 3.8) is 0 Å². The molecule has 26 heavy (non-hydrogen) atoms. The lowest BCUT2D eigenvalue weighted by Crippen LogP contribution is -2.36. The normalized spacial score (nSPS) is 13.6. The van der Waals surface area contributed by atoms with Gasteiger partial charge in [0.15, 0.2) is 0 Å². The molecule has 8 heteroatoms. The number of carbonyl (C=O) groups excluding carboxylic acids is 2. The Morgan fingerprint density at radius 2 is 1.88 bits per heavy atom. The third-order valence-corrected chi connectivity index (χ3v) is 5.59. The number of fused-ring (bicyclic) bond motifs is 1. The zero-order valence-corrected chi connectivity index (χ0v) is 15.0. The summed E-state index contributed by atoms with van der Waals surface area (Å²) in [6.07, 6.45) is 0.173. The summed E-state index contributed by atoms with van der Waals surface area (Å²) in [5.41, 5.74) is 2.29. The van der Waals surface area contributed by atoms with Gasteiger partial charge in [0.05, 0.1) is 17.9 Å². The number of likely N-dealkylation sites (N-methyl/N-ethyl adjacent to an activating group) is 1. The fraction of sp³-hybridized carbons (Fsp3) is 0.222. The second-order valence-electron chi connectivity index (χ2n) is 6.01. The van der Waals surface area contributed by atoms with Gasteiger partial charge >= 0.3 is 0 Å². The summed E-state index contributed by atoms with van der Waals surface area (Å²) in [5.74, 6) is -0.503. The minimum atomic E-state index is -3.84. The van der Waals surface area contributed by atoms with E-state index in [0.29, 0.717) is 17.8 Å². The van der Waals surface area contributed by atoms with Crippen molar-refractivity contribution in [1.29, 1.82) is 0 Å². The number of rotatable bonds is 6. The van der Waals surface area contributed by atoms with E-state index in [-0.39, 0.29) is 23.8 Å². The molecule has 0 radical (unpaired) electrons. The molecule has 1 heterocycles. The summed E-state index contributed by atoms with van der Waals surface area (Å²) in [6.45, 7) is -0.0280. The van der Waals surface area contributed by atoms with E-state index in [1.165, 1.54) is 17.0 Å². The van der Waals surface area contributed by atoms with Crippen LogP contribution in [0.5, 0.6) is 0 Å². The molecule has 136 valence electrons. The van der Waals surface area contributed by atoms with Crippen molar-refractivity contribution in [3.05, 3.63) is 59.7 Å². The lowest BCUT2D eigenvalue weighted by molar-refractivity contribution is -0.120. The van der Waals surface area contributed by atoms with Gasteiger partial charge in [-0.25, -0.2) is 13.1 Å². The average Bonchev–Trinajstić information content (AvgIpc) is 2.93. The van der Waals surface area contributed by atoms with Crippen LogP contribution in [0.3, 0.4) is 0 Å². The number of benzene rings is 2. The summed E-state index contributed by atoms with van der Waals surface area (Å²) in [6, 6.07) is 13.8. The molecule has 1 aliphatic heterocycles. The van der Waals surface area contributed by atoms with Gasteiger partial charge < -0.3 is 10.2 Å². The molecule has 0 fully saturated rings. The fourth-order valence-corrected chi connectivity index (χ4v) is 3.75. The molecule has 2 aromatic carbocycles. The second kappa shape index (κ2) is 7.27. The summed E-state index contributed by atoms with van der Waals surface area (Å²) < 4.78 is 27.1. The van der Waals surface area contributed by atoms with Gasteiger partial charge in [0.1, 0.15) is 0 Å².